The summed E-state index contributed by atoms with van der Waals surface area (Å²) in [5, 5.41) is 22.0. The molecule has 1 fully saturated rings. The molecule has 12 nitrogen and oxygen atoms in total. The smallest absolute Gasteiger partial charge is 0.437 e. The van der Waals surface area contributed by atoms with Crippen molar-refractivity contribution in [2.24, 2.45) is 21.6 Å². The number of aliphatic hydroxyl groups excluding tert-OH is 2. The van der Waals surface area contributed by atoms with E-state index in [-0.39, 0.29) is 30.9 Å². The third-order valence-corrected chi connectivity index (χ3v) is 4.89. The lowest BCUT2D eigenvalue weighted by atomic mass is 10.1. The number of oxime groups is 1. The van der Waals surface area contributed by atoms with Crippen molar-refractivity contribution in [3.8, 4) is 11.1 Å². The van der Waals surface area contributed by atoms with Crippen LogP contribution in [0.25, 0.3) is 11.1 Å². The molecule has 13 heteroatoms. The minimum absolute atomic E-state index is 0.0647. The van der Waals surface area contributed by atoms with Crippen LogP contribution < -0.4 is 16.4 Å². The van der Waals surface area contributed by atoms with Gasteiger partial charge in [0.1, 0.15) is 25.1 Å². The average Bonchev–Trinajstić information content (AvgIpc) is 2.83. The van der Waals surface area contributed by atoms with Gasteiger partial charge in [0, 0.05) is 55.0 Å². The Morgan fingerprint density at radius 1 is 1.24 bits per heavy atom. The van der Waals surface area contributed by atoms with Crippen molar-refractivity contribution >= 4 is 23.7 Å². The number of amides is 1. The first-order valence-electron chi connectivity index (χ1n) is 10.4. The molecule has 182 valence electrons. The first kappa shape index (κ1) is 24.8. The molecule has 1 unspecified atom stereocenters. The second-order valence-electron chi connectivity index (χ2n) is 7.42. The Labute approximate surface area is 194 Å². The number of hydrogen-bond donors (Lipinski definition) is 4. The van der Waals surface area contributed by atoms with Gasteiger partial charge in [-0.25, -0.2) is 19.2 Å². The summed E-state index contributed by atoms with van der Waals surface area (Å²) in [6.45, 7) is 0.455. The van der Waals surface area contributed by atoms with Crippen molar-refractivity contribution in [2.75, 3.05) is 31.2 Å². The number of nitrogens with zero attached hydrogens (tertiary/aromatic N) is 5. The standard InChI is InChI=1S/C21H26FN7O5/c22-18-13(11-33-21(32)27-19(23)24)2-1-3-17(18)14-8-25-20(26-9-14)29-6-4-15(5-7-29)28-34-12-16(31)10-30/h1-3,8-9,16,30-31H,4-7,10-12H2,(H4,23,24,27,32). The van der Waals surface area contributed by atoms with Crippen LogP contribution in [0.2, 0.25) is 0 Å². The zero-order valence-corrected chi connectivity index (χ0v) is 18.3. The topological polar surface area (TPSA) is 182 Å². The molecular formula is C21H26FN7O5. The summed E-state index contributed by atoms with van der Waals surface area (Å²) in [5.74, 6) is -0.511. The largest absolute Gasteiger partial charge is 0.443 e. The zero-order valence-electron chi connectivity index (χ0n) is 18.3. The zero-order chi connectivity index (χ0) is 24.5. The van der Waals surface area contributed by atoms with Gasteiger partial charge in [-0.15, -0.1) is 4.99 Å². The van der Waals surface area contributed by atoms with Crippen LogP contribution in [0.4, 0.5) is 15.1 Å². The predicted octanol–water partition coefficient (Wildman–Crippen LogP) is 0.519. The van der Waals surface area contributed by atoms with Gasteiger partial charge >= 0.3 is 6.09 Å². The molecule has 34 heavy (non-hydrogen) atoms. The maximum absolute atomic E-state index is 14.9. The highest BCUT2D eigenvalue weighted by atomic mass is 19.1. The number of anilines is 1. The minimum Gasteiger partial charge on any atom is -0.443 e. The fraction of sp³-hybridized carbons (Fsp3) is 0.381. The molecule has 2 heterocycles. The SMILES string of the molecule is NC(N)=NC(=O)OCc1cccc(-c2cnc(N3CCC(=NOCC(O)CO)CC3)nc2)c1F. The van der Waals surface area contributed by atoms with E-state index in [1.165, 1.54) is 18.5 Å². The Hall–Kier alpha value is -3.84. The van der Waals surface area contributed by atoms with Crippen molar-refractivity contribution in [3.05, 3.63) is 42.0 Å². The van der Waals surface area contributed by atoms with E-state index in [2.05, 4.69) is 20.1 Å². The molecule has 6 N–H and O–H groups in total. The number of benzene rings is 1. The lowest BCUT2D eigenvalue weighted by Gasteiger charge is -2.27. The van der Waals surface area contributed by atoms with Crippen molar-refractivity contribution in [1.29, 1.82) is 0 Å². The van der Waals surface area contributed by atoms with Crippen LogP contribution in [0, 0.1) is 5.82 Å². The van der Waals surface area contributed by atoms with Crippen molar-refractivity contribution in [1.82, 2.24) is 9.97 Å². The number of carbonyl (C=O) groups excluding carboxylic acids is 1. The summed E-state index contributed by atoms with van der Waals surface area (Å²) in [4.78, 5) is 30.4. The second kappa shape index (κ2) is 11.9. The Bertz CT molecular complexity index is 1030. The Kier molecular flexibility index (Phi) is 8.65. The number of guanidine groups is 1. The number of ether oxygens (including phenoxy) is 1. The summed E-state index contributed by atoms with van der Waals surface area (Å²) < 4.78 is 19.8. The average molecular weight is 475 g/mol. The summed E-state index contributed by atoms with van der Waals surface area (Å²) >= 11 is 0. The molecule has 0 spiro atoms. The van der Waals surface area contributed by atoms with E-state index in [1.807, 2.05) is 4.90 Å². The van der Waals surface area contributed by atoms with Crippen molar-refractivity contribution in [3.63, 3.8) is 0 Å². The first-order valence-corrected chi connectivity index (χ1v) is 10.4. The highest BCUT2D eigenvalue weighted by Crippen LogP contribution is 2.26. The highest BCUT2D eigenvalue weighted by Gasteiger charge is 2.19. The minimum atomic E-state index is -1.01. The Morgan fingerprint density at radius 3 is 2.59 bits per heavy atom. The highest BCUT2D eigenvalue weighted by molar-refractivity contribution is 5.88. The molecule has 1 aliphatic heterocycles. The number of rotatable bonds is 8. The van der Waals surface area contributed by atoms with Gasteiger partial charge in [0.2, 0.25) is 5.95 Å². The maximum Gasteiger partial charge on any atom is 0.437 e. The summed E-state index contributed by atoms with van der Waals surface area (Å²) in [6.07, 6.45) is 2.35. The number of nitrogens with two attached hydrogens (primary N) is 2. The molecule has 0 aliphatic carbocycles. The number of aliphatic hydroxyl groups is 2. The monoisotopic (exact) mass is 475 g/mol. The number of carbonyl (C=O) groups is 1. The molecule has 1 aliphatic rings. The normalized spacial score (nSPS) is 14.3. The van der Waals surface area contributed by atoms with E-state index < -0.39 is 24.0 Å². The third-order valence-electron chi connectivity index (χ3n) is 4.89. The number of aromatic nitrogens is 2. The molecule has 1 atom stereocenters. The van der Waals surface area contributed by atoms with Gasteiger partial charge in [-0.3, -0.25) is 0 Å². The van der Waals surface area contributed by atoms with E-state index >= 15 is 0 Å². The molecular weight excluding hydrogens is 449 g/mol. The molecule has 1 saturated heterocycles. The fourth-order valence-electron chi connectivity index (χ4n) is 3.14. The van der Waals surface area contributed by atoms with E-state index in [1.54, 1.807) is 12.1 Å². The van der Waals surface area contributed by atoms with Crippen LogP contribution in [0.15, 0.2) is 40.7 Å². The molecule has 0 radical (unpaired) electrons. The number of hydrogen-bond acceptors (Lipinski definition) is 9. The maximum atomic E-state index is 14.9. The van der Waals surface area contributed by atoms with E-state index in [9.17, 15) is 14.3 Å². The van der Waals surface area contributed by atoms with Gasteiger partial charge in [-0.1, -0.05) is 23.4 Å². The molecule has 1 aromatic carbocycles. The molecule has 0 bridgehead atoms. The van der Waals surface area contributed by atoms with Gasteiger partial charge in [0.15, 0.2) is 5.96 Å². The molecule has 0 saturated carbocycles. The molecule has 2 aromatic rings. The molecule has 3 rings (SSSR count). The summed E-state index contributed by atoms with van der Waals surface area (Å²) in [6, 6.07) is 4.69. The van der Waals surface area contributed by atoms with Crippen molar-refractivity contribution in [2.45, 2.75) is 25.6 Å². The van der Waals surface area contributed by atoms with Crippen LogP contribution in [0.5, 0.6) is 0 Å². The predicted molar refractivity (Wildman–Crippen MR) is 121 cm³/mol. The van der Waals surface area contributed by atoms with Gasteiger partial charge < -0.3 is 36.2 Å². The summed E-state index contributed by atoms with van der Waals surface area (Å²) in [5.41, 5.74) is 11.9. The van der Waals surface area contributed by atoms with Gasteiger partial charge in [0.25, 0.3) is 0 Å². The van der Waals surface area contributed by atoms with Crippen LogP contribution in [-0.2, 0) is 16.2 Å². The molecule has 1 aromatic heterocycles. The molecule has 1 amide bonds. The van der Waals surface area contributed by atoms with Crippen LogP contribution in [-0.4, -0.2) is 70.4 Å². The van der Waals surface area contributed by atoms with E-state index in [0.29, 0.717) is 37.4 Å². The van der Waals surface area contributed by atoms with Gasteiger partial charge in [-0.05, 0) is 0 Å². The van der Waals surface area contributed by atoms with E-state index in [0.717, 1.165) is 5.71 Å². The van der Waals surface area contributed by atoms with Gasteiger partial charge in [-0.2, -0.15) is 0 Å². The van der Waals surface area contributed by atoms with E-state index in [4.69, 9.17) is 26.1 Å². The first-order chi connectivity index (χ1) is 16.4. The third kappa shape index (κ3) is 6.83. The lowest BCUT2D eigenvalue weighted by molar-refractivity contribution is 0.00791. The number of piperidine rings is 1. The van der Waals surface area contributed by atoms with Crippen LogP contribution >= 0.6 is 0 Å². The Balaban J connectivity index is 1.60. The summed E-state index contributed by atoms with van der Waals surface area (Å²) in [7, 11) is 0. The fourth-order valence-corrected chi connectivity index (χ4v) is 3.14. The lowest BCUT2D eigenvalue weighted by Crippen LogP contribution is -2.35. The quantitative estimate of drug-likeness (QED) is 0.239. The number of aliphatic imine (C=N–C) groups is 1. The van der Waals surface area contributed by atoms with Crippen molar-refractivity contribution < 1.29 is 29.0 Å². The Morgan fingerprint density at radius 2 is 1.94 bits per heavy atom. The van der Waals surface area contributed by atoms with Crippen LogP contribution in [0.1, 0.15) is 18.4 Å². The second-order valence-corrected chi connectivity index (χ2v) is 7.42. The van der Waals surface area contributed by atoms with Crippen LogP contribution in [0.3, 0.4) is 0 Å². The van der Waals surface area contributed by atoms with Gasteiger partial charge in [0.05, 0.1) is 12.3 Å². The number of halogens is 1.